The summed E-state index contributed by atoms with van der Waals surface area (Å²) in [5, 5.41) is 0. The molecular weight excluding hydrogens is 352 g/mol. The summed E-state index contributed by atoms with van der Waals surface area (Å²) in [6.07, 6.45) is 13.2. The Kier molecular flexibility index (Phi) is 7.53. The fourth-order valence-electron chi connectivity index (χ4n) is 4.63. The van der Waals surface area contributed by atoms with E-state index in [1.54, 1.807) is 0 Å². The molecule has 156 valence electrons. The van der Waals surface area contributed by atoms with Gasteiger partial charge in [-0.2, -0.15) is 0 Å². The molecule has 1 aromatic rings. The molecule has 3 rings (SSSR count). The van der Waals surface area contributed by atoms with Crippen molar-refractivity contribution in [2.24, 2.45) is 0 Å². The first-order valence-corrected chi connectivity index (χ1v) is 11.1. The monoisotopic (exact) mass is 388 g/mol. The Balaban J connectivity index is 1.20. The number of esters is 1. The first-order chi connectivity index (χ1) is 13.5. The van der Waals surface area contributed by atoms with Gasteiger partial charge in [0.1, 0.15) is 17.3 Å². The molecule has 0 N–H and O–H groups in total. The Morgan fingerprint density at radius 2 is 1.57 bits per heavy atom. The van der Waals surface area contributed by atoms with Crippen LogP contribution >= 0.6 is 0 Å². The standard InChI is InChI=1S/C24H36O4/c1-23(19-24(2)21(27-28-23)18-22(25)26-24)17-13-8-6-4-3-5-7-10-14-20-15-11-9-12-16-20/h9,11-12,15-16,21H,3-8,10,13-14,17-19H2,1-2H3/t21-,23+,24-/m1/s1. The maximum Gasteiger partial charge on any atom is 0.309 e. The van der Waals surface area contributed by atoms with E-state index in [9.17, 15) is 4.79 Å². The zero-order chi connectivity index (χ0) is 19.9. The van der Waals surface area contributed by atoms with Gasteiger partial charge < -0.3 is 4.74 Å². The van der Waals surface area contributed by atoms with Crippen LogP contribution in [-0.4, -0.2) is 23.3 Å². The minimum absolute atomic E-state index is 0.177. The van der Waals surface area contributed by atoms with Crippen LogP contribution in [0.15, 0.2) is 30.3 Å². The Morgan fingerprint density at radius 3 is 2.29 bits per heavy atom. The van der Waals surface area contributed by atoms with E-state index in [2.05, 4.69) is 37.3 Å². The van der Waals surface area contributed by atoms with Gasteiger partial charge in [-0.1, -0.05) is 75.3 Å². The topological polar surface area (TPSA) is 44.8 Å². The van der Waals surface area contributed by atoms with Crippen molar-refractivity contribution in [1.29, 1.82) is 0 Å². The lowest BCUT2D eigenvalue weighted by Crippen LogP contribution is -2.51. The van der Waals surface area contributed by atoms with Gasteiger partial charge in [0.2, 0.25) is 0 Å². The summed E-state index contributed by atoms with van der Waals surface area (Å²) in [6, 6.07) is 10.8. The number of rotatable bonds is 11. The van der Waals surface area contributed by atoms with Crippen LogP contribution in [0.4, 0.5) is 0 Å². The number of fused-ring (bicyclic) bond motifs is 1. The molecule has 2 aliphatic rings. The molecule has 0 spiro atoms. The van der Waals surface area contributed by atoms with Crippen molar-refractivity contribution in [2.75, 3.05) is 0 Å². The van der Waals surface area contributed by atoms with Crippen LogP contribution in [0.1, 0.15) is 90.0 Å². The molecule has 0 aromatic heterocycles. The molecule has 0 bridgehead atoms. The van der Waals surface area contributed by atoms with Crippen molar-refractivity contribution in [3.05, 3.63) is 35.9 Å². The second kappa shape index (κ2) is 9.89. The van der Waals surface area contributed by atoms with E-state index in [-0.39, 0.29) is 17.7 Å². The minimum Gasteiger partial charge on any atom is -0.456 e. The maximum atomic E-state index is 11.6. The largest absolute Gasteiger partial charge is 0.456 e. The molecule has 3 atom stereocenters. The lowest BCUT2D eigenvalue weighted by Gasteiger charge is -2.43. The molecule has 0 unspecified atom stereocenters. The Morgan fingerprint density at radius 1 is 0.929 bits per heavy atom. The predicted octanol–water partition coefficient (Wildman–Crippen LogP) is 5.92. The minimum atomic E-state index is -0.524. The number of hydrogen-bond acceptors (Lipinski definition) is 4. The Labute approximate surface area is 169 Å². The normalized spacial score (nSPS) is 29.5. The molecule has 0 amide bonds. The highest BCUT2D eigenvalue weighted by Gasteiger charge is 2.55. The summed E-state index contributed by atoms with van der Waals surface area (Å²) >= 11 is 0. The van der Waals surface area contributed by atoms with Crippen LogP contribution in [0.3, 0.4) is 0 Å². The van der Waals surface area contributed by atoms with E-state index in [4.69, 9.17) is 14.5 Å². The van der Waals surface area contributed by atoms with Gasteiger partial charge in [-0.15, -0.1) is 0 Å². The van der Waals surface area contributed by atoms with Crippen molar-refractivity contribution >= 4 is 5.97 Å². The van der Waals surface area contributed by atoms with Crippen molar-refractivity contribution in [2.45, 2.75) is 108 Å². The summed E-state index contributed by atoms with van der Waals surface area (Å²) in [5.41, 5.74) is 0.578. The number of carbonyl (C=O) groups excluding carboxylic acids is 1. The first-order valence-electron chi connectivity index (χ1n) is 11.1. The summed E-state index contributed by atoms with van der Waals surface area (Å²) in [4.78, 5) is 22.7. The highest BCUT2D eigenvalue weighted by Crippen LogP contribution is 2.44. The van der Waals surface area contributed by atoms with Crippen LogP contribution < -0.4 is 0 Å². The van der Waals surface area contributed by atoms with E-state index in [0.29, 0.717) is 6.42 Å². The van der Waals surface area contributed by atoms with Gasteiger partial charge in [-0.05, 0) is 38.7 Å². The van der Waals surface area contributed by atoms with E-state index in [1.165, 1.54) is 56.9 Å². The third kappa shape index (κ3) is 6.05. The van der Waals surface area contributed by atoms with Crippen LogP contribution in [0.5, 0.6) is 0 Å². The second-order valence-corrected chi connectivity index (χ2v) is 9.10. The average molecular weight is 389 g/mol. The first kappa shape index (κ1) is 21.3. The molecule has 2 aliphatic heterocycles. The van der Waals surface area contributed by atoms with E-state index in [1.807, 2.05) is 6.92 Å². The van der Waals surface area contributed by atoms with Crippen molar-refractivity contribution in [3.8, 4) is 0 Å². The van der Waals surface area contributed by atoms with Gasteiger partial charge in [-0.25, -0.2) is 9.78 Å². The Bertz CT molecular complexity index is 616. The molecule has 4 nitrogen and oxygen atoms in total. The predicted molar refractivity (Wildman–Crippen MR) is 110 cm³/mol. The van der Waals surface area contributed by atoms with E-state index in [0.717, 1.165) is 19.3 Å². The number of ether oxygens (including phenoxy) is 1. The third-order valence-corrected chi connectivity index (χ3v) is 6.23. The van der Waals surface area contributed by atoms with Crippen LogP contribution in [-0.2, 0) is 25.7 Å². The zero-order valence-corrected chi connectivity index (χ0v) is 17.6. The number of benzene rings is 1. The van der Waals surface area contributed by atoms with Crippen LogP contribution in [0.2, 0.25) is 0 Å². The van der Waals surface area contributed by atoms with Gasteiger partial charge in [0, 0.05) is 6.42 Å². The summed E-state index contributed by atoms with van der Waals surface area (Å²) in [7, 11) is 0. The second-order valence-electron chi connectivity index (χ2n) is 9.10. The molecule has 2 saturated heterocycles. The molecule has 0 aliphatic carbocycles. The highest BCUT2D eigenvalue weighted by atomic mass is 17.2. The zero-order valence-electron chi connectivity index (χ0n) is 17.6. The number of hydrogen-bond donors (Lipinski definition) is 0. The quantitative estimate of drug-likeness (QED) is 0.268. The number of aryl methyl sites for hydroxylation is 1. The smallest absolute Gasteiger partial charge is 0.309 e. The van der Waals surface area contributed by atoms with Gasteiger partial charge in [0.15, 0.2) is 0 Å². The summed E-state index contributed by atoms with van der Waals surface area (Å²) < 4.78 is 5.52. The molecule has 28 heavy (non-hydrogen) atoms. The third-order valence-electron chi connectivity index (χ3n) is 6.23. The van der Waals surface area contributed by atoms with Crippen LogP contribution in [0.25, 0.3) is 0 Å². The summed E-state index contributed by atoms with van der Waals surface area (Å²) in [5.74, 6) is -0.177. The van der Waals surface area contributed by atoms with E-state index >= 15 is 0 Å². The molecule has 2 heterocycles. The molecule has 4 heteroatoms. The molecule has 0 saturated carbocycles. The number of carbonyl (C=O) groups is 1. The molecule has 1 aromatic carbocycles. The van der Waals surface area contributed by atoms with Gasteiger partial charge in [0.05, 0.1) is 6.42 Å². The van der Waals surface area contributed by atoms with Crippen molar-refractivity contribution < 1.29 is 19.3 Å². The Hall–Kier alpha value is -1.39. The van der Waals surface area contributed by atoms with Crippen molar-refractivity contribution in [3.63, 3.8) is 0 Å². The average Bonchev–Trinajstić information content (AvgIpc) is 2.96. The van der Waals surface area contributed by atoms with Crippen LogP contribution in [0, 0.1) is 0 Å². The molecule has 0 radical (unpaired) electrons. The molecule has 2 fully saturated rings. The molecular formula is C24H36O4. The van der Waals surface area contributed by atoms with Crippen molar-refractivity contribution in [1.82, 2.24) is 0 Å². The van der Waals surface area contributed by atoms with Gasteiger partial charge in [-0.3, -0.25) is 4.79 Å². The van der Waals surface area contributed by atoms with E-state index < -0.39 is 5.60 Å². The summed E-state index contributed by atoms with van der Waals surface area (Å²) in [6.45, 7) is 4.05. The fraction of sp³-hybridized carbons (Fsp3) is 0.708. The maximum absolute atomic E-state index is 11.6. The fourth-order valence-corrected chi connectivity index (χ4v) is 4.63. The van der Waals surface area contributed by atoms with Gasteiger partial charge >= 0.3 is 5.97 Å². The lowest BCUT2D eigenvalue weighted by atomic mass is 9.82. The SMILES string of the molecule is C[C@]1(CCCCCCCCCCc2ccccc2)C[C@@]2(C)OC(=O)C[C@H]2OO1. The number of unbranched alkanes of at least 4 members (excludes halogenated alkanes) is 7. The van der Waals surface area contributed by atoms with Gasteiger partial charge in [0.25, 0.3) is 0 Å². The lowest BCUT2D eigenvalue weighted by molar-refractivity contribution is -0.428. The highest BCUT2D eigenvalue weighted by molar-refractivity contribution is 5.73.